The van der Waals surface area contributed by atoms with Crippen molar-refractivity contribution in [1.82, 2.24) is 20.4 Å². The highest BCUT2D eigenvalue weighted by atomic mass is 127. The van der Waals surface area contributed by atoms with Gasteiger partial charge in [-0.1, -0.05) is 0 Å². The molecule has 8 heteroatoms. The molecule has 2 unspecified atom stereocenters. The molecule has 0 saturated carbocycles. The summed E-state index contributed by atoms with van der Waals surface area (Å²) in [5.41, 5.74) is 0. The summed E-state index contributed by atoms with van der Waals surface area (Å²) in [6.45, 7) is 11.0. The molecule has 0 radical (unpaired) electrons. The van der Waals surface area contributed by atoms with Gasteiger partial charge in [-0.25, -0.2) is 0 Å². The standard InChI is InChI=1S/C17H35N5O2.HI/c1-15(22-9-7-21(3)8-10-22)13-20-17(18-2)19-6-4-11-24-16-5-12-23-14-16;/h15-16H,4-14H2,1-3H3,(H2,18,19,20);1H. The van der Waals surface area contributed by atoms with Gasteiger partial charge in [0.05, 0.1) is 12.7 Å². The van der Waals surface area contributed by atoms with E-state index in [1.807, 2.05) is 7.05 Å². The fourth-order valence-corrected chi connectivity index (χ4v) is 3.03. The third-order valence-electron chi connectivity index (χ3n) is 4.80. The molecule has 2 heterocycles. The van der Waals surface area contributed by atoms with Crippen LogP contribution in [0.2, 0.25) is 0 Å². The first-order valence-corrected chi connectivity index (χ1v) is 9.25. The van der Waals surface area contributed by atoms with Crippen LogP contribution in [0.1, 0.15) is 19.8 Å². The van der Waals surface area contributed by atoms with E-state index >= 15 is 0 Å². The van der Waals surface area contributed by atoms with E-state index in [0.29, 0.717) is 12.1 Å². The first-order valence-electron chi connectivity index (χ1n) is 9.25. The van der Waals surface area contributed by atoms with Crippen molar-refractivity contribution in [2.75, 3.05) is 73.2 Å². The van der Waals surface area contributed by atoms with Crippen LogP contribution in [0.3, 0.4) is 0 Å². The second-order valence-electron chi connectivity index (χ2n) is 6.78. The minimum Gasteiger partial charge on any atom is -0.379 e. The Kier molecular flexibility index (Phi) is 12.0. The molecule has 0 spiro atoms. The Hall–Kier alpha value is -0.160. The monoisotopic (exact) mass is 469 g/mol. The first kappa shape index (κ1) is 22.9. The maximum atomic E-state index is 5.77. The fourth-order valence-electron chi connectivity index (χ4n) is 3.03. The van der Waals surface area contributed by atoms with Crippen LogP contribution in [-0.2, 0) is 9.47 Å². The average molecular weight is 469 g/mol. The van der Waals surface area contributed by atoms with Gasteiger partial charge in [0.25, 0.3) is 0 Å². The lowest BCUT2D eigenvalue weighted by Gasteiger charge is -2.36. The Labute approximate surface area is 169 Å². The second-order valence-corrected chi connectivity index (χ2v) is 6.78. The van der Waals surface area contributed by atoms with E-state index in [9.17, 15) is 0 Å². The van der Waals surface area contributed by atoms with Crippen molar-refractivity contribution >= 4 is 29.9 Å². The number of hydrogen-bond acceptors (Lipinski definition) is 5. The zero-order valence-electron chi connectivity index (χ0n) is 16.0. The Morgan fingerprint density at radius 3 is 2.68 bits per heavy atom. The molecule has 0 aliphatic carbocycles. The molecule has 0 bridgehead atoms. The summed E-state index contributed by atoms with van der Waals surface area (Å²) in [5, 5.41) is 6.79. The van der Waals surface area contributed by atoms with Crippen molar-refractivity contribution in [3.8, 4) is 0 Å². The van der Waals surface area contributed by atoms with E-state index in [1.54, 1.807) is 0 Å². The maximum absolute atomic E-state index is 5.77. The molecular weight excluding hydrogens is 433 g/mol. The van der Waals surface area contributed by atoms with Crippen molar-refractivity contribution in [1.29, 1.82) is 0 Å². The summed E-state index contributed by atoms with van der Waals surface area (Å²) in [6, 6.07) is 0.517. The normalized spacial score (nSPS) is 24.0. The zero-order chi connectivity index (χ0) is 17.2. The highest BCUT2D eigenvalue weighted by Gasteiger charge is 2.19. The highest BCUT2D eigenvalue weighted by molar-refractivity contribution is 14.0. The molecule has 0 aromatic heterocycles. The summed E-state index contributed by atoms with van der Waals surface area (Å²) in [7, 11) is 4.01. The van der Waals surface area contributed by atoms with Gasteiger partial charge >= 0.3 is 0 Å². The average Bonchev–Trinajstić information content (AvgIpc) is 3.11. The third-order valence-corrected chi connectivity index (χ3v) is 4.80. The van der Waals surface area contributed by atoms with Gasteiger partial charge < -0.3 is 25.0 Å². The zero-order valence-corrected chi connectivity index (χ0v) is 18.3. The van der Waals surface area contributed by atoms with Crippen LogP contribution < -0.4 is 10.6 Å². The van der Waals surface area contributed by atoms with Gasteiger partial charge in [-0.15, -0.1) is 24.0 Å². The summed E-state index contributed by atoms with van der Waals surface area (Å²) < 4.78 is 11.1. The van der Waals surface area contributed by atoms with Crippen molar-refractivity contribution in [2.45, 2.75) is 31.9 Å². The molecule has 2 fully saturated rings. The van der Waals surface area contributed by atoms with Gasteiger partial charge in [0, 0.05) is 65.6 Å². The molecule has 2 aliphatic heterocycles. The van der Waals surface area contributed by atoms with E-state index in [0.717, 1.165) is 77.9 Å². The van der Waals surface area contributed by atoms with Crippen LogP contribution in [0.25, 0.3) is 0 Å². The summed E-state index contributed by atoms with van der Waals surface area (Å²) in [6.07, 6.45) is 2.30. The number of ether oxygens (including phenoxy) is 2. The van der Waals surface area contributed by atoms with Gasteiger partial charge in [0.2, 0.25) is 0 Å². The summed E-state index contributed by atoms with van der Waals surface area (Å²) in [5.74, 6) is 0.875. The van der Waals surface area contributed by atoms with Gasteiger partial charge in [-0.05, 0) is 26.8 Å². The molecule has 2 rings (SSSR count). The molecule has 7 nitrogen and oxygen atoms in total. The lowest BCUT2D eigenvalue weighted by molar-refractivity contribution is 0.0420. The first-order chi connectivity index (χ1) is 11.7. The third kappa shape index (κ3) is 8.85. The summed E-state index contributed by atoms with van der Waals surface area (Å²) >= 11 is 0. The quantitative estimate of drug-likeness (QED) is 0.235. The maximum Gasteiger partial charge on any atom is 0.191 e. The Balaban J connectivity index is 0.00000312. The number of halogens is 1. The molecule has 0 aromatic rings. The predicted molar refractivity (Wildman–Crippen MR) is 113 cm³/mol. The van der Waals surface area contributed by atoms with Gasteiger partial charge in [0.1, 0.15) is 0 Å². The van der Waals surface area contributed by atoms with Crippen LogP contribution in [0, 0.1) is 0 Å². The van der Waals surface area contributed by atoms with E-state index in [4.69, 9.17) is 9.47 Å². The number of hydrogen-bond donors (Lipinski definition) is 2. The fraction of sp³-hybridized carbons (Fsp3) is 0.941. The van der Waals surface area contributed by atoms with Crippen LogP contribution in [0.5, 0.6) is 0 Å². The molecule has 0 aromatic carbocycles. The SMILES string of the molecule is CN=C(NCCCOC1CCOC1)NCC(C)N1CCN(C)CC1.I. The minimum absolute atomic E-state index is 0. The smallest absolute Gasteiger partial charge is 0.191 e. The van der Waals surface area contributed by atoms with E-state index in [2.05, 4.69) is 39.4 Å². The number of piperazine rings is 1. The summed E-state index contributed by atoms with van der Waals surface area (Å²) in [4.78, 5) is 9.22. The second kappa shape index (κ2) is 13.1. The van der Waals surface area contributed by atoms with E-state index in [1.165, 1.54) is 0 Å². The minimum atomic E-state index is 0. The Morgan fingerprint density at radius 1 is 1.28 bits per heavy atom. The molecule has 0 amide bonds. The molecule has 2 saturated heterocycles. The number of nitrogens with zero attached hydrogens (tertiary/aromatic N) is 3. The molecule has 148 valence electrons. The number of guanidine groups is 1. The van der Waals surface area contributed by atoms with Crippen molar-refractivity contribution in [2.24, 2.45) is 4.99 Å². The van der Waals surface area contributed by atoms with Crippen molar-refractivity contribution in [3.05, 3.63) is 0 Å². The van der Waals surface area contributed by atoms with E-state index in [-0.39, 0.29) is 24.0 Å². The van der Waals surface area contributed by atoms with Crippen molar-refractivity contribution in [3.63, 3.8) is 0 Å². The Bertz CT molecular complexity index is 372. The van der Waals surface area contributed by atoms with Crippen LogP contribution in [0.15, 0.2) is 4.99 Å². The number of aliphatic imine (C=N–C) groups is 1. The lowest BCUT2D eigenvalue weighted by Crippen LogP contribution is -2.52. The predicted octanol–water partition coefficient (Wildman–Crippen LogP) is 0.601. The largest absolute Gasteiger partial charge is 0.379 e. The molecule has 2 atom stereocenters. The number of nitrogens with one attached hydrogen (secondary N) is 2. The molecule has 2 aliphatic rings. The van der Waals surface area contributed by atoms with Crippen LogP contribution in [-0.4, -0.2) is 101 Å². The Morgan fingerprint density at radius 2 is 2.04 bits per heavy atom. The number of rotatable bonds is 8. The van der Waals surface area contributed by atoms with E-state index < -0.39 is 0 Å². The van der Waals surface area contributed by atoms with Gasteiger partial charge in [0.15, 0.2) is 5.96 Å². The van der Waals surface area contributed by atoms with Crippen LogP contribution >= 0.6 is 24.0 Å². The molecular formula is C17H36IN5O2. The van der Waals surface area contributed by atoms with Crippen molar-refractivity contribution < 1.29 is 9.47 Å². The molecule has 2 N–H and O–H groups in total. The highest BCUT2D eigenvalue weighted by Crippen LogP contribution is 2.08. The topological polar surface area (TPSA) is 61.4 Å². The van der Waals surface area contributed by atoms with Gasteiger partial charge in [-0.3, -0.25) is 9.89 Å². The lowest BCUT2D eigenvalue weighted by atomic mass is 10.2. The number of likely N-dealkylation sites (N-methyl/N-ethyl adjacent to an activating group) is 1. The van der Waals surface area contributed by atoms with Gasteiger partial charge in [-0.2, -0.15) is 0 Å². The molecule has 25 heavy (non-hydrogen) atoms. The van der Waals surface area contributed by atoms with Crippen LogP contribution in [0.4, 0.5) is 0 Å².